The zero-order valence-electron chi connectivity index (χ0n) is 71.3. The van der Waals surface area contributed by atoms with Gasteiger partial charge in [-0.05, 0) is 88.4 Å². The van der Waals surface area contributed by atoms with Gasteiger partial charge in [-0.25, -0.2) is 24.7 Å². The second-order valence-electron chi connectivity index (χ2n) is 27.5. The maximum atomic E-state index is 12.0. The summed E-state index contributed by atoms with van der Waals surface area (Å²) >= 11 is 0. The third kappa shape index (κ3) is 46.7. The Balaban J connectivity index is -0.000000570. The molecule has 0 saturated heterocycles. The first-order valence-electron chi connectivity index (χ1n) is 38.1. The molecule has 578 valence electrons. The summed E-state index contributed by atoms with van der Waals surface area (Å²) in [5, 5.41) is 13.0. The predicted molar refractivity (Wildman–Crippen MR) is 470 cm³/mol. The Hall–Kier alpha value is -9.94. The first kappa shape index (κ1) is 102. The monoisotopic (exact) mass is 1440 g/mol. The van der Waals surface area contributed by atoms with Crippen molar-refractivity contribution in [2.24, 2.45) is 26.7 Å². The summed E-state index contributed by atoms with van der Waals surface area (Å²) in [6.45, 7) is 67.0. The number of aromatic amines is 2. The maximum Gasteiger partial charge on any atom is 0.347 e. The molecule has 0 saturated carbocycles. The Kier molecular flexibility index (Phi) is 56.4. The van der Waals surface area contributed by atoms with Gasteiger partial charge in [0.1, 0.15) is 17.1 Å². The third-order valence-corrected chi connectivity index (χ3v) is 10.8. The lowest BCUT2D eigenvalue weighted by Gasteiger charge is -2.05. The van der Waals surface area contributed by atoms with Crippen molar-refractivity contribution in [1.82, 2.24) is 29.9 Å². The minimum atomic E-state index is -0.360. The lowest BCUT2D eigenvalue weighted by atomic mass is 10.0. The highest BCUT2D eigenvalue weighted by Crippen LogP contribution is 2.25. The van der Waals surface area contributed by atoms with Gasteiger partial charge < -0.3 is 19.5 Å². The van der Waals surface area contributed by atoms with E-state index in [9.17, 15) is 19.5 Å². The highest BCUT2D eigenvalue weighted by Gasteiger charge is 2.11. The van der Waals surface area contributed by atoms with E-state index in [-0.39, 0.29) is 28.1 Å². The van der Waals surface area contributed by atoms with Crippen molar-refractivity contribution >= 4 is 55.5 Å². The molecular weight excluding hydrogens is 1310 g/mol. The average Bonchev–Trinajstić information content (AvgIpc) is 0.811. The van der Waals surface area contributed by atoms with E-state index in [0.717, 1.165) is 44.6 Å². The van der Waals surface area contributed by atoms with Crippen LogP contribution >= 0.6 is 0 Å². The smallest absolute Gasteiger partial charge is 0.347 e. The van der Waals surface area contributed by atoms with Crippen LogP contribution in [-0.4, -0.2) is 41.2 Å². The Labute approximate surface area is 640 Å². The van der Waals surface area contributed by atoms with Crippen molar-refractivity contribution in [3.05, 3.63) is 261 Å². The molecule has 0 aliphatic heterocycles. The minimum absolute atomic E-state index is 0.0518. The first-order chi connectivity index (χ1) is 50.4. The lowest BCUT2D eigenvalue weighted by molar-refractivity contribution is 0.469. The van der Waals surface area contributed by atoms with Gasteiger partial charge in [0.2, 0.25) is 5.89 Å². The van der Waals surface area contributed by atoms with Gasteiger partial charge in [0.05, 0.1) is 38.5 Å². The zero-order chi connectivity index (χ0) is 82.1. The largest absolute Gasteiger partial charge is 0.506 e. The maximum absolute atomic E-state index is 12.0. The van der Waals surface area contributed by atoms with E-state index in [4.69, 9.17) is 4.42 Å². The molecule has 0 atom stereocenters. The number of aliphatic imine (C=N–C) groups is 1. The molecule has 12 aromatic rings. The van der Waals surface area contributed by atoms with Crippen LogP contribution in [0.4, 0.5) is 5.69 Å². The van der Waals surface area contributed by atoms with E-state index in [2.05, 4.69) is 146 Å². The van der Waals surface area contributed by atoms with Gasteiger partial charge in [-0.3, -0.25) is 14.6 Å². The van der Waals surface area contributed by atoms with Crippen molar-refractivity contribution in [2.75, 3.05) is 0 Å². The van der Waals surface area contributed by atoms with E-state index in [1.165, 1.54) is 6.21 Å². The summed E-state index contributed by atoms with van der Waals surface area (Å²) in [5.74, 6) is 1.69. The fourth-order valence-corrected chi connectivity index (χ4v) is 7.25. The summed E-state index contributed by atoms with van der Waals surface area (Å²) < 4.78 is 5.21. The van der Waals surface area contributed by atoms with Crippen molar-refractivity contribution in [3.8, 4) is 40.0 Å². The van der Waals surface area contributed by atoms with Gasteiger partial charge in [-0.1, -0.05) is 373 Å². The van der Waals surface area contributed by atoms with Crippen LogP contribution in [0.1, 0.15) is 227 Å². The second-order valence-corrected chi connectivity index (χ2v) is 27.5. The number of pyridine rings is 1. The number of hydrogen-bond acceptors (Lipinski definition) is 10. The van der Waals surface area contributed by atoms with Crippen LogP contribution < -0.4 is 16.7 Å². The molecule has 4 heterocycles. The standard InChI is InChI=1S/C16H12N2O2.C14H10N2O.C14H10N2.C14H9NO2.4C5H12.8C2H6/c19-15-12-8-4-5-9-14(12)18-16(20)13(15)10-17-11-6-2-1-3-7-11;17-14-11-8-4-5-9-12(11)15-13(16-14)10-6-2-1-3-7-10;1-2-6-11(7-3-1)14-15-10-12-8-4-5-9-13(12)16-14;16-14-11-8-4-5-9-12(11)15-13(17-14)10-6-2-1-3-7-10;4*1-5(2,3)4;8*1-2/h1-10H,(H2,18,19,20);1-9H,(H,15,16,17);1-10H;1-9H;4*1-4H3;8*1-2H3. The molecule has 0 bridgehead atoms. The SMILES string of the molecule is CC.CC.CC.CC.CC.CC.CC.CC.CC(C)(C)C.CC(C)(C)C.CC(C)(C)C.CC(C)(C)C.O=c1[nH]c(-c2ccccc2)nc2ccccc12.O=c1[nH]c2ccccc2c(O)c1C=Nc1ccccc1.O=c1oc(-c2ccccc2)nc2ccccc12.c1ccc(-c2ncc3ccccc3n2)cc1. The number of para-hydroxylation sites is 5. The van der Waals surface area contributed by atoms with E-state index in [0.29, 0.717) is 60.6 Å². The second kappa shape index (κ2) is 58.3. The van der Waals surface area contributed by atoms with Crippen LogP contribution in [0.2, 0.25) is 0 Å². The molecule has 0 radical (unpaired) electrons. The summed E-state index contributed by atoms with van der Waals surface area (Å²) in [5.41, 5.74) is 7.79. The van der Waals surface area contributed by atoms with Crippen LogP contribution in [0.5, 0.6) is 5.75 Å². The van der Waals surface area contributed by atoms with Crippen molar-refractivity contribution in [2.45, 2.75) is 222 Å². The molecule has 12 heteroatoms. The van der Waals surface area contributed by atoms with Gasteiger partial charge in [0, 0.05) is 39.9 Å². The highest BCUT2D eigenvalue weighted by molar-refractivity contribution is 5.95. The number of fused-ring (bicyclic) bond motifs is 4. The van der Waals surface area contributed by atoms with Crippen molar-refractivity contribution in [1.29, 1.82) is 0 Å². The molecule has 0 aliphatic carbocycles. The molecule has 0 spiro atoms. The summed E-state index contributed by atoms with van der Waals surface area (Å²) in [6.07, 6.45) is 3.25. The fraction of sp³-hybridized carbons (Fsp3) is 0.383. The van der Waals surface area contributed by atoms with E-state index >= 15 is 0 Å². The number of rotatable bonds is 5. The topological polar surface area (TPSA) is 180 Å². The van der Waals surface area contributed by atoms with E-state index in [1.54, 1.807) is 48.5 Å². The van der Waals surface area contributed by atoms with Crippen molar-refractivity contribution in [3.63, 3.8) is 0 Å². The number of benzene rings is 8. The number of aromatic nitrogens is 6. The van der Waals surface area contributed by atoms with Gasteiger partial charge >= 0.3 is 5.63 Å². The third-order valence-electron chi connectivity index (χ3n) is 10.8. The Morgan fingerprint density at radius 1 is 0.358 bits per heavy atom. The molecule has 0 aliphatic rings. The molecule has 0 unspecified atom stereocenters. The normalized spacial score (nSPS) is 9.81. The zero-order valence-corrected chi connectivity index (χ0v) is 71.3. The Morgan fingerprint density at radius 3 is 1.16 bits per heavy atom. The van der Waals surface area contributed by atoms with Crippen LogP contribution in [0.3, 0.4) is 0 Å². The Bertz CT molecular complexity index is 4150. The van der Waals surface area contributed by atoms with Gasteiger partial charge in [0.25, 0.3) is 11.1 Å². The summed E-state index contributed by atoms with van der Waals surface area (Å²) in [7, 11) is 0. The quantitative estimate of drug-likeness (QED) is 0.141. The molecule has 106 heavy (non-hydrogen) atoms. The van der Waals surface area contributed by atoms with Crippen molar-refractivity contribution < 1.29 is 9.52 Å². The summed E-state index contributed by atoms with van der Waals surface area (Å²) in [6, 6.07) is 67.9. The van der Waals surface area contributed by atoms with Gasteiger partial charge in [0.15, 0.2) is 5.82 Å². The van der Waals surface area contributed by atoms with E-state index < -0.39 is 0 Å². The number of aromatic hydroxyl groups is 1. The Morgan fingerprint density at radius 2 is 0.708 bits per heavy atom. The molecule has 3 N–H and O–H groups in total. The van der Waals surface area contributed by atoms with Gasteiger partial charge in [-0.15, -0.1) is 0 Å². The molecule has 0 fully saturated rings. The predicted octanol–water partition coefficient (Wildman–Crippen LogP) is 28.1. The lowest BCUT2D eigenvalue weighted by Crippen LogP contribution is -2.12. The molecule has 12 rings (SSSR count). The number of nitrogens with zero attached hydrogens (tertiary/aromatic N) is 5. The number of H-pyrrole nitrogens is 2. The summed E-state index contributed by atoms with van der Waals surface area (Å²) in [4.78, 5) is 63.0. The highest BCUT2D eigenvalue weighted by atomic mass is 16.4. The minimum Gasteiger partial charge on any atom is -0.506 e. The molecule has 8 aromatic carbocycles. The van der Waals surface area contributed by atoms with Crippen LogP contribution in [0.15, 0.2) is 248 Å². The molecular formula is C94H137N7O5. The number of hydrogen-bond donors (Lipinski definition) is 3. The molecule has 0 amide bonds. The van der Waals surface area contributed by atoms with E-state index in [1.807, 2.05) is 287 Å². The van der Waals surface area contributed by atoms with Crippen LogP contribution in [0, 0.1) is 21.7 Å². The molecule has 4 aromatic heterocycles. The van der Waals surface area contributed by atoms with Crippen LogP contribution in [0.25, 0.3) is 77.8 Å². The van der Waals surface area contributed by atoms with Gasteiger partial charge in [-0.2, -0.15) is 0 Å². The van der Waals surface area contributed by atoms with Crippen LogP contribution in [-0.2, 0) is 0 Å². The molecule has 12 nitrogen and oxygen atoms in total. The first-order valence-corrected chi connectivity index (χ1v) is 38.1. The number of nitrogens with one attached hydrogen (secondary N) is 2. The fourth-order valence-electron chi connectivity index (χ4n) is 7.25. The average molecular weight is 1450 g/mol.